The molecule has 3 aliphatic rings. The SMILES string of the molecule is CC1(C)c2cc(-c3ccccc3)ccc2-c2ccc(N(c3ccc(-c4ccc(-c5ccccc5)cc4)cc3)c3cccc4c3C3(c5ccccc5-4)c4ccccc4-c4c3ccc3ccccc43)cc21. The largest absolute Gasteiger partial charge is 0.310 e. The number of hydrogen-bond donors (Lipinski definition) is 0. The van der Waals surface area contributed by atoms with E-state index in [9.17, 15) is 0 Å². The van der Waals surface area contributed by atoms with E-state index in [1.54, 1.807) is 0 Å². The molecule has 1 nitrogen and oxygen atoms in total. The summed E-state index contributed by atoms with van der Waals surface area (Å²) >= 11 is 0. The van der Waals surface area contributed by atoms with E-state index in [2.05, 4.69) is 267 Å². The second-order valence-corrected chi connectivity index (χ2v) is 19.6. The zero-order valence-electron chi connectivity index (χ0n) is 38.6. The molecular weight excluding hydrogens is 831 g/mol. The van der Waals surface area contributed by atoms with Gasteiger partial charge < -0.3 is 4.90 Å². The molecule has 3 aliphatic carbocycles. The van der Waals surface area contributed by atoms with Crippen LogP contribution in [0.15, 0.2) is 249 Å². The Morgan fingerprint density at radius 1 is 0.304 bits per heavy atom. The van der Waals surface area contributed by atoms with Crippen LogP contribution in [0.4, 0.5) is 17.1 Å². The van der Waals surface area contributed by atoms with Gasteiger partial charge >= 0.3 is 0 Å². The lowest BCUT2D eigenvalue weighted by Gasteiger charge is -2.36. The zero-order valence-corrected chi connectivity index (χ0v) is 38.6. The maximum Gasteiger partial charge on any atom is 0.0746 e. The molecule has 0 N–H and O–H groups in total. The van der Waals surface area contributed by atoms with Crippen LogP contribution in [0.2, 0.25) is 0 Å². The van der Waals surface area contributed by atoms with Gasteiger partial charge in [0.15, 0.2) is 0 Å². The van der Waals surface area contributed by atoms with Crippen LogP contribution in [0.5, 0.6) is 0 Å². The van der Waals surface area contributed by atoms with Gasteiger partial charge in [-0.2, -0.15) is 0 Å². The molecule has 1 heteroatoms. The molecular formula is C68H47N. The summed E-state index contributed by atoms with van der Waals surface area (Å²) in [5.41, 5.74) is 25.8. The first-order valence-corrected chi connectivity index (χ1v) is 24.2. The molecule has 1 atom stereocenters. The van der Waals surface area contributed by atoms with E-state index >= 15 is 0 Å². The molecule has 0 bridgehead atoms. The minimum absolute atomic E-state index is 0.229. The predicted octanol–water partition coefficient (Wildman–Crippen LogP) is 18.0. The van der Waals surface area contributed by atoms with E-state index in [1.165, 1.54) is 117 Å². The third-order valence-corrected chi connectivity index (χ3v) is 15.7. The molecule has 0 aromatic heterocycles. The second kappa shape index (κ2) is 15.0. The van der Waals surface area contributed by atoms with E-state index in [4.69, 9.17) is 0 Å². The summed E-state index contributed by atoms with van der Waals surface area (Å²) < 4.78 is 0. The van der Waals surface area contributed by atoms with Gasteiger partial charge in [-0.3, -0.25) is 0 Å². The Balaban J connectivity index is 0.990. The normalized spacial score (nSPS) is 15.3. The summed E-state index contributed by atoms with van der Waals surface area (Å²) in [5, 5.41) is 2.56. The summed E-state index contributed by atoms with van der Waals surface area (Å²) in [5.74, 6) is 0. The Hall–Kier alpha value is -8.52. The summed E-state index contributed by atoms with van der Waals surface area (Å²) in [6, 6.07) is 93.1. The molecule has 0 saturated heterocycles. The smallest absolute Gasteiger partial charge is 0.0746 e. The summed E-state index contributed by atoms with van der Waals surface area (Å²) in [6.07, 6.45) is 0. The Morgan fingerprint density at radius 2 is 0.797 bits per heavy atom. The van der Waals surface area contributed by atoms with E-state index in [0.29, 0.717) is 0 Å². The van der Waals surface area contributed by atoms with Crippen molar-refractivity contribution < 1.29 is 0 Å². The molecule has 0 radical (unpaired) electrons. The quantitative estimate of drug-likeness (QED) is 0.161. The molecule has 0 amide bonds. The fourth-order valence-corrected chi connectivity index (χ4v) is 12.5. The molecule has 0 heterocycles. The van der Waals surface area contributed by atoms with Gasteiger partial charge in [-0.1, -0.05) is 226 Å². The molecule has 11 aromatic rings. The fraction of sp³-hybridized carbons (Fsp3) is 0.0588. The maximum absolute atomic E-state index is 2.56. The van der Waals surface area contributed by atoms with Crippen LogP contribution in [-0.2, 0) is 10.8 Å². The van der Waals surface area contributed by atoms with Gasteiger partial charge in [-0.05, 0) is 142 Å². The minimum atomic E-state index is -0.558. The topological polar surface area (TPSA) is 3.24 Å². The van der Waals surface area contributed by atoms with Gasteiger partial charge in [-0.15, -0.1) is 0 Å². The van der Waals surface area contributed by atoms with Crippen LogP contribution in [0, 0.1) is 0 Å². The predicted molar refractivity (Wildman–Crippen MR) is 289 cm³/mol. The second-order valence-electron chi connectivity index (χ2n) is 19.6. The van der Waals surface area contributed by atoms with Gasteiger partial charge in [0.2, 0.25) is 0 Å². The number of rotatable bonds is 6. The molecule has 324 valence electrons. The Kier molecular flexibility index (Phi) is 8.61. The molecule has 1 unspecified atom stereocenters. The van der Waals surface area contributed by atoms with Gasteiger partial charge in [-0.25, -0.2) is 0 Å². The fourth-order valence-electron chi connectivity index (χ4n) is 12.5. The first-order chi connectivity index (χ1) is 34.0. The number of anilines is 3. The van der Waals surface area contributed by atoms with Crippen LogP contribution >= 0.6 is 0 Å². The lowest BCUT2D eigenvalue weighted by Crippen LogP contribution is -2.28. The number of nitrogens with zero attached hydrogens (tertiary/aromatic N) is 1. The number of benzene rings is 11. The highest BCUT2D eigenvalue weighted by molar-refractivity contribution is 6.07. The van der Waals surface area contributed by atoms with Crippen molar-refractivity contribution in [1.82, 2.24) is 0 Å². The van der Waals surface area contributed by atoms with Crippen molar-refractivity contribution in [3.63, 3.8) is 0 Å². The van der Waals surface area contributed by atoms with Crippen molar-refractivity contribution in [1.29, 1.82) is 0 Å². The van der Waals surface area contributed by atoms with E-state index in [-0.39, 0.29) is 5.41 Å². The van der Waals surface area contributed by atoms with Crippen LogP contribution in [0.25, 0.3) is 77.5 Å². The number of fused-ring (bicyclic) bond motifs is 15. The molecule has 1 spiro atoms. The molecule has 0 fully saturated rings. The van der Waals surface area contributed by atoms with E-state index < -0.39 is 5.41 Å². The van der Waals surface area contributed by atoms with Gasteiger partial charge in [0, 0.05) is 22.4 Å². The van der Waals surface area contributed by atoms with Crippen LogP contribution < -0.4 is 4.90 Å². The average molecular weight is 878 g/mol. The zero-order chi connectivity index (χ0) is 45.8. The Morgan fingerprint density at radius 3 is 1.51 bits per heavy atom. The molecule has 11 aromatic carbocycles. The average Bonchev–Trinajstić information content (AvgIpc) is 3.98. The highest BCUT2D eigenvalue weighted by Crippen LogP contribution is 2.66. The van der Waals surface area contributed by atoms with Gasteiger partial charge in [0.25, 0.3) is 0 Å². The van der Waals surface area contributed by atoms with Crippen LogP contribution in [0.3, 0.4) is 0 Å². The third kappa shape index (κ3) is 5.71. The van der Waals surface area contributed by atoms with Crippen molar-refractivity contribution in [3.05, 3.63) is 282 Å². The van der Waals surface area contributed by atoms with Gasteiger partial charge in [0.05, 0.1) is 11.1 Å². The molecule has 0 saturated carbocycles. The lowest BCUT2D eigenvalue weighted by atomic mass is 9.69. The highest BCUT2D eigenvalue weighted by atomic mass is 15.1. The molecule has 0 aliphatic heterocycles. The molecule has 69 heavy (non-hydrogen) atoms. The van der Waals surface area contributed by atoms with Gasteiger partial charge in [0.1, 0.15) is 0 Å². The molecule has 14 rings (SSSR count). The van der Waals surface area contributed by atoms with E-state index in [0.717, 1.165) is 11.4 Å². The Bertz CT molecular complexity index is 3840. The Labute approximate surface area is 404 Å². The van der Waals surface area contributed by atoms with Crippen molar-refractivity contribution in [2.45, 2.75) is 24.7 Å². The highest BCUT2D eigenvalue weighted by Gasteiger charge is 2.54. The third-order valence-electron chi connectivity index (χ3n) is 15.7. The van der Waals surface area contributed by atoms with Crippen molar-refractivity contribution in [2.24, 2.45) is 0 Å². The number of hydrogen-bond acceptors (Lipinski definition) is 1. The van der Waals surface area contributed by atoms with Crippen molar-refractivity contribution in [3.8, 4) is 66.8 Å². The monoisotopic (exact) mass is 877 g/mol. The van der Waals surface area contributed by atoms with E-state index in [1.807, 2.05) is 0 Å². The van der Waals surface area contributed by atoms with Crippen molar-refractivity contribution in [2.75, 3.05) is 4.90 Å². The standard InChI is InChI=1S/C68H47N/c1-67(2)62-42-50(45-18-7-4-8-19-45)34-39-55(62)56-40-38-52(43-63(56)67)69(51-36-32-48(33-37-51)47-30-28-46(29-31-47)44-16-5-3-6-17-44)64-27-15-24-57-54-22-11-13-25-59(54)68(66(57)64)60-26-14-12-23-58(60)65-53-21-10-9-20-49(53)35-41-61(65)68/h3-43H,1-2H3. The first-order valence-electron chi connectivity index (χ1n) is 24.2. The van der Waals surface area contributed by atoms with Crippen LogP contribution in [-0.4, -0.2) is 0 Å². The first kappa shape index (κ1) is 39.6. The van der Waals surface area contributed by atoms with Crippen LogP contribution in [0.1, 0.15) is 47.2 Å². The summed E-state index contributed by atoms with van der Waals surface area (Å²) in [6.45, 7) is 4.81. The lowest BCUT2D eigenvalue weighted by molar-refractivity contribution is 0.660. The maximum atomic E-state index is 2.56. The summed E-state index contributed by atoms with van der Waals surface area (Å²) in [4.78, 5) is 2.56. The van der Waals surface area contributed by atoms with Crippen molar-refractivity contribution >= 4 is 27.8 Å². The minimum Gasteiger partial charge on any atom is -0.310 e. The summed E-state index contributed by atoms with van der Waals surface area (Å²) in [7, 11) is 0.